The van der Waals surface area contributed by atoms with E-state index < -0.39 is 16.9 Å². The summed E-state index contributed by atoms with van der Waals surface area (Å²) in [5.41, 5.74) is -1.13. The average Bonchev–Trinajstić information content (AvgIpc) is 2.45. The Kier molecular flexibility index (Phi) is 8.13. The number of ketones is 1. The summed E-state index contributed by atoms with van der Waals surface area (Å²) in [5, 5.41) is 0. The topological polar surface area (TPSA) is 57.7 Å². The second-order valence-electron chi connectivity index (χ2n) is 8.67. The molecule has 0 aromatic carbocycles. The molecule has 5 heteroatoms. The van der Waals surface area contributed by atoms with Crippen molar-refractivity contribution in [2.24, 2.45) is 10.8 Å². The number of unbranched alkanes of at least 4 members (excludes halogenated alkanes) is 1. The quantitative estimate of drug-likeness (QED) is 0.715. The fraction of sp³-hybridized carbons (Fsp3) is 0.842. The van der Waals surface area contributed by atoms with Crippen LogP contribution in [0.25, 0.3) is 0 Å². The Balaban J connectivity index is 5.47. The minimum Gasteiger partial charge on any atom is -0.344 e. The third-order valence-electron chi connectivity index (χ3n) is 4.15. The summed E-state index contributed by atoms with van der Waals surface area (Å²) in [5.74, 6) is -0.314. The van der Waals surface area contributed by atoms with Crippen LogP contribution in [0.15, 0.2) is 0 Å². The number of likely N-dealkylation sites (N-methyl/N-ethyl adjacent to an activating group) is 2. The van der Waals surface area contributed by atoms with E-state index in [9.17, 15) is 14.4 Å². The molecular formula is C19H36N2O3. The van der Waals surface area contributed by atoms with Crippen LogP contribution in [0, 0.1) is 10.8 Å². The molecule has 0 radical (unpaired) electrons. The van der Waals surface area contributed by atoms with Crippen molar-refractivity contribution in [2.75, 3.05) is 20.6 Å². The number of carbonyl (C=O) groups is 3. The van der Waals surface area contributed by atoms with Crippen LogP contribution < -0.4 is 0 Å². The van der Waals surface area contributed by atoms with Gasteiger partial charge in [-0.15, -0.1) is 0 Å². The summed E-state index contributed by atoms with van der Waals surface area (Å²) in [4.78, 5) is 41.1. The number of hydrogen-bond acceptors (Lipinski definition) is 3. The Bertz CT molecular complexity index is 458. The van der Waals surface area contributed by atoms with E-state index in [2.05, 4.69) is 6.92 Å². The zero-order valence-electron chi connectivity index (χ0n) is 17.0. The van der Waals surface area contributed by atoms with Gasteiger partial charge in [0.25, 0.3) is 0 Å². The van der Waals surface area contributed by atoms with Crippen molar-refractivity contribution in [2.45, 2.75) is 73.8 Å². The molecule has 0 rings (SSSR count). The Labute approximate surface area is 147 Å². The van der Waals surface area contributed by atoms with Crippen LogP contribution >= 0.6 is 0 Å². The monoisotopic (exact) mass is 340 g/mol. The lowest BCUT2D eigenvalue weighted by Gasteiger charge is -2.35. The van der Waals surface area contributed by atoms with Crippen molar-refractivity contribution < 1.29 is 14.4 Å². The first-order chi connectivity index (χ1) is 10.7. The second-order valence-corrected chi connectivity index (χ2v) is 8.67. The Morgan fingerprint density at radius 1 is 0.917 bits per heavy atom. The van der Waals surface area contributed by atoms with Crippen LogP contribution in [0.1, 0.15) is 67.7 Å². The highest BCUT2D eigenvalue weighted by molar-refractivity contribution is 5.94. The highest BCUT2D eigenvalue weighted by Gasteiger charge is 2.37. The van der Waals surface area contributed by atoms with Crippen molar-refractivity contribution >= 4 is 17.6 Å². The third-order valence-corrected chi connectivity index (χ3v) is 4.15. The van der Waals surface area contributed by atoms with Crippen LogP contribution in [-0.2, 0) is 14.4 Å². The van der Waals surface area contributed by atoms with Gasteiger partial charge in [-0.05, 0) is 6.42 Å². The largest absolute Gasteiger partial charge is 0.344 e. The standard InChI is InChI=1S/C19H36N2O3/c1-10-11-12-20(8)16(23)14(13-15(22)18(2,3)4)21(9)17(24)19(5,6)7/h14H,10-13H2,1-9H3. The average molecular weight is 341 g/mol. The molecule has 140 valence electrons. The molecule has 0 aromatic heterocycles. The summed E-state index contributed by atoms with van der Waals surface area (Å²) in [7, 11) is 3.36. The Morgan fingerprint density at radius 3 is 1.79 bits per heavy atom. The van der Waals surface area contributed by atoms with E-state index in [1.54, 1.807) is 19.0 Å². The maximum absolute atomic E-state index is 12.9. The van der Waals surface area contributed by atoms with Crippen LogP contribution in [-0.4, -0.2) is 54.1 Å². The molecule has 0 aliphatic rings. The number of carbonyl (C=O) groups excluding carboxylic acids is 3. The first-order valence-electron chi connectivity index (χ1n) is 8.79. The minimum absolute atomic E-state index is 0.0155. The lowest BCUT2D eigenvalue weighted by Crippen LogP contribution is -2.52. The molecule has 0 N–H and O–H groups in total. The van der Waals surface area contributed by atoms with Crippen molar-refractivity contribution in [3.63, 3.8) is 0 Å². The molecule has 0 spiro atoms. The number of hydrogen-bond donors (Lipinski definition) is 0. The van der Waals surface area contributed by atoms with Crippen LogP contribution in [0.2, 0.25) is 0 Å². The van der Waals surface area contributed by atoms with E-state index >= 15 is 0 Å². The third kappa shape index (κ3) is 6.62. The fourth-order valence-electron chi connectivity index (χ4n) is 2.30. The first kappa shape index (κ1) is 22.6. The number of Topliss-reactive ketones (excluding diaryl/α,β-unsaturated/α-hetero) is 1. The van der Waals surface area contributed by atoms with Gasteiger partial charge in [-0.25, -0.2) is 0 Å². The predicted octanol–water partition coefficient (Wildman–Crippen LogP) is 3.12. The molecule has 1 unspecified atom stereocenters. The van der Waals surface area contributed by atoms with Gasteiger partial charge in [0.2, 0.25) is 11.8 Å². The molecule has 24 heavy (non-hydrogen) atoms. The minimum atomic E-state index is -0.745. The maximum atomic E-state index is 12.9. The number of rotatable bonds is 7. The predicted molar refractivity (Wildman–Crippen MR) is 97.6 cm³/mol. The maximum Gasteiger partial charge on any atom is 0.245 e. The summed E-state index contributed by atoms with van der Waals surface area (Å²) >= 11 is 0. The zero-order chi connectivity index (χ0) is 19.3. The van der Waals surface area contributed by atoms with E-state index in [0.29, 0.717) is 6.54 Å². The summed E-state index contributed by atoms with van der Waals surface area (Å²) < 4.78 is 0. The van der Waals surface area contributed by atoms with Gasteiger partial charge in [0.15, 0.2) is 0 Å². The highest BCUT2D eigenvalue weighted by atomic mass is 16.2. The SMILES string of the molecule is CCCCN(C)C(=O)C(CC(=O)C(C)(C)C)N(C)C(=O)C(C)(C)C. The van der Waals surface area contributed by atoms with Gasteiger partial charge in [0, 0.05) is 37.9 Å². The first-order valence-corrected chi connectivity index (χ1v) is 8.79. The molecule has 0 fully saturated rings. The Hall–Kier alpha value is -1.39. The zero-order valence-corrected chi connectivity index (χ0v) is 17.0. The lowest BCUT2D eigenvalue weighted by molar-refractivity contribution is -0.150. The number of nitrogens with zero attached hydrogens (tertiary/aromatic N) is 2. The molecule has 5 nitrogen and oxygen atoms in total. The van der Waals surface area contributed by atoms with Crippen LogP contribution in [0.4, 0.5) is 0 Å². The van der Waals surface area contributed by atoms with E-state index in [0.717, 1.165) is 12.8 Å². The molecule has 0 heterocycles. The van der Waals surface area contributed by atoms with Gasteiger partial charge in [-0.1, -0.05) is 54.9 Å². The summed E-state index contributed by atoms with van der Waals surface area (Å²) in [6.07, 6.45) is 1.94. The highest BCUT2D eigenvalue weighted by Crippen LogP contribution is 2.23. The molecule has 0 aliphatic heterocycles. The molecule has 0 saturated carbocycles. The molecule has 0 saturated heterocycles. The number of amides is 2. The second kappa shape index (κ2) is 8.63. The van der Waals surface area contributed by atoms with Crippen molar-refractivity contribution in [1.82, 2.24) is 9.80 Å². The van der Waals surface area contributed by atoms with E-state index in [1.165, 1.54) is 4.90 Å². The molecule has 2 amide bonds. The molecule has 0 bridgehead atoms. The lowest BCUT2D eigenvalue weighted by atomic mass is 9.86. The van der Waals surface area contributed by atoms with Gasteiger partial charge in [0.05, 0.1) is 0 Å². The van der Waals surface area contributed by atoms with E-state index in [1.807, 2.05) is 41.5 Å². The molecule has 1 atom stereocenters. The fourth-order valence-corrected chi connectivity index (χ4v) is 2.30. The normalized spacial score (nSPS) is 13.4. The molecule has 0 aromatic rings. The van der Waals surface area contributed by atoms with Gasteiger partial charge in [-0.3, -0.25) is 14.4 Å². The van der Waals surface area contributed by atoms with E-state index in [-0.39, 0.29) is 24.0 Å². The molecule has 0 aliphatic carbocycles. The summed E-state index contributed by atoms with van der Waals surface area (Å²) in [6.45, 7) is 13.7. The summed E-state index contributed by atoms with van der Waals surface area (Å²) in [6, 6.07) is -0.745. The Morgan fingerprint density at radius 2 is 1.42 bits per heavy atom. The van der Waals surface area contributed by atoms with Crippen LogP contribution in [0.5, 0.6) is 0 Å². The molecular weight excluding hydrogens is 304 g/mol. The van der Waals surface area contributed by atoms with Crippen LogP contribution in [0.3, 0.4) is 0 Å². The van der Waals surface area contributed by atoms with Gasteiger partial charge < -0.3 is 9.80 Å². The van der Waals surface area contributed by atoms with Crippen molar-refractivity contribution in [1.29, 1.82) is 0 Å². The van der Waals surface area contributed by atoms with E-state index in [4.69, 9.17) is 0 Å². The smallest absolute Gasteiger partial charge is 0.245 e. The van der Waals surface area contributed by atoms with Crippen molar-refractivity contribution in [3.8, 4) is 0 Å². The van der Waals surface area contributed by atoms with Gasteiger partial charge in [0.1, 0.15) is 11.8 Å². The van der Waals surface area contributed by atoms with Crippen molar-refractivity contribution in [3.05, 3.63) is 0 Å². The van der Waals surface area contributed by atoms with Gasteiger partial charge in [-0.2, -0.15) is 0 Å². The van der Waals surface area contributed by atoms with Gasteiger partial charge >= 0.3 is 0 Å².